The summed E-state index contributed by atoms with van der Waals surface area (Å²) in [4.78, 5) is 5.05. The van der Waals surface area contributed by atoms with E-state index in [0.717, 1.165) is 5.56 Å². The first-order chi connectivity index (χ1) is 9.74. The van der Waals surface area contributed by atoms with Gasteiger partial charge in [0.2, 0.25) is 0 Å². The highest BCUT2D eigenvalue weighted by molar-refractivity contribution is 6.30. The molecule has 0 aromatic heterocycles. The van der Waals surface area contributed by atoms with E-state index in [1.807, 2.05) is 12.1 Å². The molecule has 0 heterocycles. The van der Waals surface area contributed by atoms with E-state index in [2.05, 4.69) is 5.16 Å². The summed E-state index contributed by atoms with van der Waals surface area (Å²) in [6.45, 7) is 0.644. The van der Waals surface area contributed by atoms with Crippen LogP contribution in [0.4, 0.5) is 4.39 Å². The van der Waals surface area contributed by atoms with Gasteiger partial charge in [0.1, 0.15) is 18.2 Å². The molecular formula is C15H13ClFNO2. The zero-order valence-corrected chi connectivity index (χ0v) is 11.4. The van der Waals surface area contributed by atoms with Gasteiger partial charge in [-0.1, -0.05) is 28.9 Å². The fourth-order valence-electron chi connectivity index (χ4n) is 1.43. The molecule has 0 bridgehead atoms. The van der Waals surface area contributed by atoms with Crippen molar-refractivity contribution in [2.24, 2.45) is 5.16 Å². The second-order valence-electron chi connectivity index (χ2n) is 3.92. The SMILES string of the molecule is Fc1ccc(OCCO/N=C/c2ccc(Cl)cc2)cc1. The summed E-state index contributed by atoms with van der Waals surface area (Å²) in [6, 6.07) is 13.0. The molecule has 2 aromatic carbocycles. The van der Waals surface area contributed by atoms with Gasteiger partial charge in [-0.15, -0.1) is 0 Å². The predicted molar refractivity (Wildman–Crippen MR) is 76.9 cm³/mol. The molecule has 104 valence electrons. The number of nitrogens with zero attached hydrogens (tertiary/aromatic N) is 1. The van der Waals surface area contributed by atoms with Crippen LogP contribution in [0.15, 0.2) is 53.7 Å². The van der Waals surface area contributed by atoms with Gasteiger partial charge in [-0.2, -0.15) is 0 Å². The fourth-order valence-corrected chi connectivity index (χ4v) is 1.55. The van der Waals surface area contributed by atoms with Crippen molar-refractivity contribution in [1.82, 2.24) is 0 Å². The van der Waals surface area contributed by atoms with E-state index >= 15 is 0 Å². The number of rotatable bonds is 6. The van der Waals surface area contributed by atoms with Gasteiger partial charge < -0.3 is 9.57 Å². The second-order valence-corrected chi connectivity index (χ2v) is 4.36. The minimum Gasteiger partial charge on any atom is -0.490 e. The third-order valence-corrected chi connectivity index (χ3v) is 2.66. The van der Waals surface area contributed by atoms with E-state index in [0.29, 0.717) is 24.0 Å². The first kappa shape index (κ1) is 14.3. The minimum absolute atomic E-state index is 0.291. The van der Waals surface area contributed by atoms with Gasteiger partial charge in [0.15, 0.2) is 6.61 Å². The minimum atomic E-state index is -0.291. The normalized spacial score (nSPS) is 10.7. The van der Waals surface area contributed by atoms with E-state index in [-0.39, 0.29) is 5.82 Å². The zero-order valence-electron chi connectivity index (χ0n) is 10.6. The Hall–Kier alpha value is -2.07. The van der Waals surface area contributed by atoms with E-state index in [9.17, 15) is 4.39 Å². The quantitative estimate of drug-likeness (QED) is 0.459. The Morgan fingerprint density at radius 3 is 2.40 bits per heavy atom. The number of hydrogen-bond acceptors (Lipinski definition) is 3. The zero-order chi connectivity index (χ0) is 14.2. The van der Waals surface area contributed by atoms with Crippen LogP contribution in [0, 0.1) is 5.82 Å². The van der Waals surface area contributed by atoms with Gasteiger partial charge in [-0.05, 0) is 42.0 Å². The van der Waals surface area contributed by atoms with Gasteiger partial charge >= 0.3 is 0 Å². The van der Waals surface area contributed by atoms with Crippen molar-refractivity contribution in [1.29, 1.82) is 0 Å². The highest BCUT2D eigenvalue weighted by Gasteiger charge is 1.94. The molecule has 0 saturated carbocycles. The third kappa shape index (κ3) is 4.90. The van der Waals surface area contributed by atoms with Gasteiger partial charge in [-0.3, -0.25) is 0 Å². The molecule has 0 N–H and O–H groups in total. The lowest BCUT2D eigenvalue weighted by molar-refractivity contribution is 0.108. The summed E-state index contributed by atoms with van der Waals surface area (Å²) in [5.41, 5.74) is 0.897. The van der Waals surface area contributed by atoms with E-state index in [1.165, 1.54) is 12.1 Å². The van der Waals surface area contributed by atoms with Crippen molar-refractivity contribution >= 4 is 17.8 Å². The maximum absolute atomic E-state index is 12.7. The Morgan fingerprint density at radius 1 is 1.00 bits per heavy atom. The first-order valence-electron chi connectivity index (χ1n) is 6.03. The van der Waals surface area contributed by atoms with Crippen LogP contribution in [0.2, 0.25) is 5.02 Å². The lowest BCUT2D eigenvalue weighted by Crippen LogP contribution is -2.04. The molecule has 5 heteroatoms. The Morgan fingerprint density at radius 2 is 1.70 bits per heavy atom. The van der Waals surface area contributed by atoms with Crippen LogP contribution in [-0.4, -0.2) is 19.4 Å². The van der Waals surface area contributed by atoms with Gasteiger partial charge in [-0.25, -0.2) is 4.39 Å². The second kappa shape index (κ2) is 7.50. The summed E-state index contributed by atoms with van der Waals surface area (Å²) in [5.74, 6) is 0.304. The standard InChI is InChI=1S/C15H13ClFNO2/c16-13-3-1-12(2-4-13)11-18-20-10-9-19-15-7-5-14(17)6-8-15/h1-8,11H,9-10H2/b18-11+. The summed E-state index contributed by atoms with van der Waals surface area (Å²) < 4.78 is 18.0. The number of halogens is 2. The summed E-state index contributed by atoms with van der Waals surface area (Å²) in [7, 11) is 0. The average Bonchev–Trinajstić information content (AvgIpc) is 2.46. The molecule has 3 nitrogen and oxygen atoms in total. The highest BCUT2D eigenvalue weighted by atomic mass is 35.5. The molecule has 0 amide bonds. The van der Waals surface area contributed by atoms with E-state index < -0.39 is 0 Å². The molecule has 0 aliphatic rings. The Bertz CT molecular complexity index is 555. The summed E-state index contributed by atoms with van der Waals surface area (Å²) in [5, 5.41) is 4.49. The van der Waals surface area contributed by atoms with Crippen LogP contribution >= 0.6 is 11.6 Å². The molecule has 0 aliphatic carbocycles. The van der Waals surface area contributed by atoms with Crippen molar-refractivity contribution in [2.45, 2.75) is 0 Å². The number of oxime groups is 1. The van der Waals surface area contributed by atoms with Gasteiger partial charge in [0, 0.05) is 5.02 Å². The van der Waals surface area contributed by atoms with Gasteiger partial charge in [0.05, 0.1) is 6.21 Å². The van der Waals surface area contributed by atoms with Gasteiger partial charge in [0.25, 0.3) is 0 Å². The molecule has 2 aromatic rings. The summed E-state index contributed by atoms with van der Waals surface area (Å²) in [6.07, 6.45) is 1.59. The monoisotopic (exact) mass is 293 g/mol. The number of benzene rings is 2. The molecule has 0 atom stereocenters. The van der Waals surface area contributed by atoms with Crippen LogP contribution in [0.25, 0.3) is 0 Å². The van der Waals surface area contributed by atoms with E-state index in [4.69, 9.17) is 21.2 Å². The van der Waals surface area contributed by atoms with Crippen LogP contribution in [0.5, 0.6) is 5.75 Å². The third-order valence-electron chi connectivity index (χ3n) is 2.40. The van der Waals surface area contributed by atoms with Crippen molar-refractivity contribution in [3.63, 3.8) is 0 Å². The smallest absolute Gasteiger partial charge is 0.151 e. The van der Waals surface area contributed by atoms with E-state index in [1.54, 1.807) is 30.5 Å². The van der Waals surface area contributed by atoms with Crippen LogP contribution in [0.1, 0.15) is 5.56 Å². The van der Waals surface area contributed by atoms with Crippen LogP contribution in [-0.2, 0) is 4.84 Å². The lowest BCUT2D eigenvalue weighted by atomic mass is 10.2. The molecule has 0 spiro atoms. The molecule has 20 heavy (non-hydrogen) atoms. The average molecular weight is 294 g/mol. The lowest BCUT2D eigenvalue weighted by Gasteiger charge is -2.04. The summed E-state index contributed by atoms with van der Waals surface area (Å²) >= 11 is 5.77. The Labute approximate surface area is 121 Å². The molecule has 0 aliphatic heterocycles. The van der Waals surface area contributed by atoms with Crippen molar-refractivity contribution in [2.75, 3.05) is 13.2 Å². The van der Waals surface area contributed by atoms with Crippen LogP contribution < -0.4 is 4.74 Å². The maximum atomic E-state index is 12.7. The molecule has 2 rings (SSSR count). The van der Waals surface area contributed by atoms with Crippen LogP contribution in [0.3, 0.4) is 0 Å². The predicted octanol–water partition coefficient (Wildman–Crippen LogP) is 3.91. The first-order valence-corrected chi connectivity index (χ1v) is 6.41. The van der Waals surface area contributed by atoms with Crippen molar-refractivity contribution < 1.29 is 14.0 Å². The Kier molecular flexibility index (Phi) is 5.38. The highest BCUT2D eigenvalue weighted by Crippen LogP contribution is 2.10. The topological polar surface area (TPSA) is 30.8 Å². The largest absolute Gasteiger partial charge is 0.490 e. The van der Waals surface area contributed by atoms with Crippen molar-refractivity contribution in [3.8, 4) is 5.75 Å². The maximum Gasteiger partial charge on any atom is 0.151 e. The van der Waals surface area contributed by atoms with Crippen molar-refractivity contribution in [3.05, 3.63) is 64.9 Å². The number of ether oxygens (including phenoxy) is 1. The molecular weight excluding hydrogens is 281 g/mol. The Balaban J connectivity index is 1.66. The molecule has 0 radical (unpaired) electrons. The molecule has 0 unspecified atom stereocenters. The molecule has 0 fully saturated rings. The fraction of sp³-hybridized carbons (Fsp3) is 0.133. The molecule has 0 saturated heterocycles. The number of hydrogen-bond donors (Lipinski definition) is 0.